The molecule has 0 aliphatic rings. The van der Waals surface area contributed by atoms with Gasteiger partial charge in [-0.25, -0.2) is 0 Å². The molecule has 2 heterocycles. The van der Waals surface area contributed by atoms with Gasteiger partial charge in [-0.2, -0.15) is 26.3 Å². The molecule has 134 valence electrons. The predicted molar refractivity (Wildman–Crippen MR) is 106 cm³/mol. The lowest BCUT2D eigenvalue weighted by Crippen LogP contribution is -2.32. The van der Waals surface area contributed by atoms with Gasteiger partial charge in [0.05, 0.1) is 25.0 Å². The Balaban J connectivity index is 1.52. The number of carbonyl (C=O) groups is 1. The van der Waals surface area contributed by atoms with E-state index in [0.717, 1.165) is 11.1 Å². The van der Waals surface area contributed by atoms with Gasteiger partial charge in [0.15, 0.2) is 0 Å². The summed E-state index contributed by atoms with van der Waals surface area (Å²) in [5.74, 6) is -0.118. The van der Waals surface area contributed by atoms with Crippen LogP contribution in [0.25, 0.3) is 11.1 Å². The highest BCUT2D eigenvalue weighted by Gasteiger charge is 2.17. The zero-order chi connectivity index (χ0) is 18.5. The number of nitrogens with one attached hydrogen (secondary N) is 1. The minimum atomic E-state index is -0.220. The van der Waals surface area contributed by atoms with Crippen LogP contribution in [0.4, 0.5) is 0 Å². The van der Waals surface area contributed by atoms with Crippen molar-refractivity contribution >= 4 is 17.2 Å². The minimum absolute atomic E-state index is 0.118. The maximum atomic E-state index is 12.8. The van der Waals surface area contributed by atoms with Crippen LogP contribution in [-0.2, 0) is 6.54 Å². The highest BCUT2D eigenvalue weighted by molar-refractivity contribution is 7.08. The molecule has 0 saturated carbocycles. The maximum absolute atomic E-state index is 12.8. The largest absolute Gasteiger partial charge is 0.343 e. The smallest absolute Gasteiger partial charge is 0.251 e. The number of hydrogen-bond donors (Lipinski definition) is 1. The third-order valence-corrected chi connectivity index (χ3v) is 5.00. The second-order valence-electron chi connectivity index (χ2n) is 6.11. The van der Waals surface area contributed by atoms with E-state index < -0.39 is 0 Å². The average molecular weight is 374 g/mol. The van der Waals surface area contributed by atoms with Gasteiger partial charge in [0.2, 0.25) is 0 Å². The second kappa shape index (κ2) is 7.97. The number of amides is 1. The van der Waals surface area contributed by atoms with E-state index in [9.17, 15) is 4.79 Å². The molecule has 0 spiro atoms. The van der Waals surface area contributed by atoms with Crippen LogP contribution in [-0.4, -0.2) is 20.9 Å². The number of rotatable bonds is 6. The second-order valence-corrected chi connectivity index (χ2v) is 6.89. The summed E-state index contributed by atoms with van der Waals surface area (Å²) in [6.45, 7) is 0.468. The standard InChI is InChI=1S/C21H18N4OS/c26-21(18-8-6-16(7-9-18)19-10-13-27-15-19)24-20(14-25-22-11-12-23-25)17-4-2-1-3-5-17/h1-13,15,20H,14H2,(H,24,26). The first-order chi connectivity index (χ1) is 13.3. The number of benzene rings is 2. The Labute approximate surface area is 161 Å². The molecule has 0 saturated heterocycles. The summed E-state index contributed by atoms with van der Waals surface area (Å²) in [5, 5.41) is 15.6. The van der Waals surface area contributed by atoms with E-state index in [-0.39, 0.29) is 11.9 Å². The Morgan fingerprint density at radius 1 is 0.963 bits per heavy atom. The van der Waals surface area contributed by atoms with Gasteiger partial charge in [0.1, 0.15) is 0 Å². The fraction of sp³-hybridized carbons (Fsp3) is 0.0952. The van der Waals surface area contributed by atoms with E-state index in [0.29, 0.717) is 12.1 Å². The number of carbonyl (C=O) groups excluding carboxylic acids is 1. The molecule has 1 N–H and O–H groups in total. The molecule has 1 amide bonds. The summed E-state index contributed by atoms with van der Waals surface area (Å²) in [7, 11) is 0. The van der Waals surface area contributed by atoms with E-state index in [1.807, 2.05) is 60.0 Å². The molecule has 4 rings (SSSR count). The molecule has 0 bridgehead atoms. The normalized spacial score (nSPS) is 11.9. The number of nitrogens with zero attached hydrogens (tertiary/aromatic N) is 3. The van der Waals surface area contributed by atoms with Gasteiger partial charge >= 0.3 is 0 Å². The Morgan fingerprint density at radius 2 is 1.70 bits per heavy atom. The number of hydrogen-bond acceptors (Lipinski definition) is 4. The Bertz CT molecular complexity index is 981. The topological polar surface area (TPSA) is 59.8 Å². The first-order valence-electron chi connectivity index (χ1n) is 8.62. The summed E-state index contributed by atoms with van der Waals surface area (Å²) < 4.78 is 0. The van der Waals surface area contributed by atoms with E-state index in [1.54, 1.807) is 28.5 Å². The number of thiophene rings is 1. The molecule has 6 heteroatoms. The van der Waals surface area contributed by atoms with E-state index in [1.165, 1.54) is 5.56 Å². The fourth-order valence-electron chi connectivity index (χ4n) is 2.91. The average Bonchev–Trinajstić information content (AvgIpc) is 3.42. The van der Waals surface area contributed by atoms with Gasteiger partial charge in [-0.15, -0.1) is 0 Å². The quantitative estimate of drug-likeness (QED) is 0.551. The zero-order valence-corrected chi connectivity index (χ0v) is 15.3. The van der Waals surface area contributed by atoms with Crippen LogP contribution in [0.1, 0.15) is 22.0 Å². The zero-order valence-electron chi connectivity index (χ0n) is 14.5. The van der Waals surface area contributed by atoms with Gasteiger partial charge in [-0.3, -0.25) is 4.79 Å². The first kappa shape index (κ1) is 17.2. The molecule has 27 heavy (non-hydrogen) atoms. The Morgan fingerprint density at radius 3 is 2.37 bits per heavy atom. The van der Waals surface area contributed by atoms with Crippen LogP contribution in [0.15, 0.2) is 83.8 Å². The SMILES string of the molecule is O=C(NC(Cn1nccn1)c1ccccc1)c1ccc(-c2ccsc2)cc1. The van der Waals surface area contributed by atoms with Gasteiger partial charge in [-0.05, 0) is 45.6 Å². The van der Waals surface area contributed by atoms with Crippen molar-refractivity contribution in [2.24, 2.45) is 0 Å². The Hall–Kier alpha value is -3.25. The molecule has 0 radical (unpaired) electrons. The molecule has 2 aromatic heterocycles. The van der Waals surface area contributed by atoms with Crippen molar-refractivity contribution in [2.45, 2.75) is 12.6 Å². The van der Waals surface area contributed by atoms with E-state index in [4.69, 9.17) is 0 Å². The lowest BCUT2D eigenvalue weighted by atomic mass is 10.0. The van der Waals surface area contributed by atoms with Crippen LogP contribution >= 0.6 is 11.3 Å². The number of aromatic nitrogens is 3. The summed E-state index contributed by atoms with van der Waals surface area (Å²) in [4.78, 5) is 14.4. The third kappa shape index (κ3) is 4.12. The molecular formula is C21H18N4OS. The van der Waals surface area contributed by atoms with Crippen LogP contribution in [0.3, 0.4) is 0 Å². The van der Waals surface area contributed by atoms with Crippen molar-refractivity contribution in [3.63, 3.8) is 0 Å². The van der Waals surface area contributed by atoms with Crippen molar-refractivity contribution in [3.8, 4) is 11.1 Å². The van der Waals surface area contributed by atoms with E-state index >= 15 is 0 Å². The fourth-order valence-corrected chi connectivity index (χ4v) is 3.57. The lowest BCUT2D eigenvalue weighted by Gasteiger charge is -2.19. The molecule has 0 aliphatic carbocycles. The van der Waals surface area contributed by atoms with Crippen molar-refractivity contribution in [1.82, 2.24) is 20.3 Å². The summed E-state index contributed by atoms with van der Waals surface area (Å²) >= 11 is 1.66. The highest BCUT2D eigenvalue weighted by atomic mass is 32.1. The molecule has 0 aliphatic heterocycles. The molecule has 4 aromatic rings. The highest BCUT2D eigenvalue weighted by Crippen LogP contribution is 2.22. The maximum Gasteiger partial charge on any atom is 0.251 e. The molecule has 1 unspecified atom stereocenters. The van der Waals surface area contributed by atoms with Gasteiger partial charge in [-0.1, -0.05) is 42.5 Å². The molecule has 5 nitrogen and oxygen atoms in total. The van der Waals surface area contributed by atoms with Gasteiger partial charge in [0.25, 0.3) is 5.91 Å². The molecule has 1 atom stereocenters. The van der Waals surface area contributed by atoms with Crippen LogP contribution in [0, 0.1) is 0 Å². The van der Waals surface area contributed by atoms with Crippen LogP contribution in [0.5, 0.6) is 0 Å². The summed E-state index contributed by atoms with van der Waals surface area (Å²) in [6.07, 6.45) is 3.26. The summed E-state index contributed by atoms with van der Waals surface area (Å²) in [6, 6.07) is 19.4. The van der Waals surface area contributed by atoms with Crippen molar-refractivity contribution in [1.29, 1.82) is 0 Å². The monoisotopic (exact) mass is 374 g/mol. The minimum Gasteiger partial charge on any atom is -0.343 e. The molecule has 0 fully saturated rings. The molecular weight excluding hydrogens is 356 g/mol. The summed E-state index contributed by atoms with van der Waals surface area (Å²) in [5.41, 5.74) is 3.91. The predicted octanol–water partition coefficient (Wildman–Crippen LogP) is 4.18. The van der Waals surface area contributed by atoms with E-state index in [2.05, 4.69) is 27.0 Å². The van der Waals surface area contributed by atoms with Crippen LogP contribution in [0.2, 0.25) is 0 Å². The van der Waals surface area contributed by atoms with Crippen molar-refractivity contribution < 1.29 is 4.79 Å². The van der Waals surface area contributed by atoms with Gasteiger partial charge < -0.3 is 5.32 Å². The lowest BCUT2D eigenvalue weighted by molar-refractivity contribution is 0.0931. The molecule has 2 aromatic carbocycles. The van der Waals surface area contributed by atoms with Crippen molar-refractivity contribution in [2.75, 3.05) is 0 Å². The van der Waals surface area contributed by atoms with Crippen molar-refractivity contribution in [3.05, 3.63) is 94.9 Å². The van der Waals surface area contributed by atoms with Gasteiger partial charge in [0, 0.05) is 5.56 Å². The first-order valence-corrected chi connectivity index (χ1v) is 9.56. The Kier molecular flexibility index (Phi) is 5.07. The van der Waals surface area contributed by atoms with Crippen LogP contribution < -0.4 is 5.32 Å². The third-order valence-electron chi connectivity index (χ3n) is 4.32.